The molecule has 3 heteroatoms. The van der Waals surface area contributed by atoms with Gasteiger partial charge in [0.05, 0.1) is 13.5 Å². The van der Waals surface area contributed by atoms with Crippen molar-refractivity contribution in [1.29, 1.82) is 0 Å². The molecule has 0 unspecified atom stereocenters. The van der Waals surface area contributed by atoms with Crippen LogP contribution in [0.15, 0.2) is 0 Å². The molecule has 94 valence electrons. The number of rotatable bonds is 5. The van der Waals surface area contributed by atoms with Gasteiger partial charge >= 0.3 is 5.97 Å². The van der Waals surface area contributed by atoms with Crippen LogP contribution in [0.1, 0.15) is 51.9 Å². The molecule has 0 saturated heterocycles. The highest BCUT2D eigenvalue weighted by atomic mass is 16.5. The summed E-state index contributed by atoms with van der Waals surface area (Å²) in [5, 5.41) is 3.44. The van der Waals surface area contributed by atoms with Crippen molar-refractivity contribution < 1.29 is 9.53 Å². The second kappa shape index (κ2) is 7.66. The zero-order valence-electron chi connectivity index (χ0n) is 10.6. The molecule has 1 saturated carbocycles. The van der Waals surface area contributed by atoms with Crippen molar-refractivity contribution in [3.8, 4) is 0 Å². The van der Waals surface area contributed by atoms with Gasteiger partial charge in [-0.05, 0) is 25.7 Å². The lowest BCUT2D eigenvalue weighted by Gasteiger charge is -2.23. The molecule has 1 fully saturated rings. The van der Waals surface area contributed by atoms with E-state index in [1.54, 1.807) is 0 Å². The maximum Gasteiger partial charge on any atom is 0.306 e. The predicted octanol–water partition coefficient (Wildman–Crippen LogP) is 2.50. The van der Waals surface area contributed by atoms with Crippen LogP contribution in [0.3, 0.4) is 0 Å². The van der Waals surface area contributed by atoms with Gasteiger partial charge in [-0.1, -0.05) is 25.7 Å². The van der Waals surface area contributed by atoms with Gasteiger partial charge < -0.3 is 10.1 Å². The van der Waals surface area contributed by atoms with E-state index in [9.17, 15) is 4.79 Å². The van der Waals surface area contributed by atoms with Crippen molar-refractivity contribution in [1.82, 2.24) is 5.32 Å². The van der Waals surface area contributed by atoms with Crippen molar-refractivity contribution in [3.05, 3.63) is 0 Å². The highest BCUT2D eigenvalue weighted by Crippen LogP contribution is 2.25. The lowest BCUT2D eigenvalue weighted by atomic mass is 9.93. The van der Waals surface area contributed by atoms with E-state index in [4.69, 9.17) is 0 Å². The fourth-order valence-corrected chi connectivity index (χ4v) is 2.48. The Morgan fingerprint density at radius 3 is 2.50 bits per heavy atom. The molecule has 1 aliphatic carbocycles. The molecule has 1 aliphatic rings. The topological polar surface area (TPSA) is 38.3 Å². The number of ether oxygens (including phenoxy) is 1. The van der Waals surface area contributed by atoms with Crippen molar-refractivity contribution in [3.63, 3.8) is 0 Å². The maximum absolute atomic E-state index is 11.0. The third-order valence-electron chi connectivity index (χ3n) is 3.63. The molecule has 0 amide bonds. The van der Waals surface area contributed by atoms with E-state index in [1.807, 2.05) is 0 Å². The molecule has 3 nitrogen and oxygen atoms in total. The van der Waals surface area contributed by atoms with Gasteiger partial charge in [0.25, 0.3) is 0 Å². The Kier molecular flexibility index (Phi) is 6.46. The summed E-state index contributed by atoms with van der Waals surface area (Å²) >= 11 is 0. The number of hydrogen-bond acceptors (Lipinski definition) is 3. The number of hydrogen-bond donors (Lipinski definition) is 1. The minimum atomic E-state index is -0.124. The van der Waals surface area contributed by atoms with E-state index in [-0.39, 0.29) is 5.97 Å². The second-order valence-corrected chi connectivity index (χ2v) is 4.82. The zero-order chi connectivity index (χ0) is 11.8. The number of esters is 1. The Bertz CT molecular complexity index is 198. The first kappa shape index (κ1) is 13.5. The minimum absolute atomic E-state index is 0.124. The molecule has 0 radical (unpaired) electrons. The summed E-state index contributed by atoms with van der Waals surface area (Å²) in [5.41, 5.74) is 0. The molecule has 0 aromatic heterocycles. The monoisotopic (exact) mass is 227 g/mol. The molecular formula is C13H25NO2. The lowest BCUT2D eigenvalue weighted by Crippen LogP contribution is -2.34. The molecule has 0 heterocycles. The van der Waals surface area contributed by atoms with Crippen molar-refractivity contribution in [2.45, 2.75) is 57.9 Å². The van der Waals surface area contributed by atoms with Crippen LogP contribution in [-0.2, 0) is 9.53 Å². The first-order valence-electron chi connectivity index (χ1n) is 6.54. The van der Waals surface area contributed by atoms with Gasteiger partial charge in [-0.15, -0.1) is 0 Å². The van der Waals surface area contributed by atoms with E-state index in [0.717, 1.165) is 12.5 Å². The number of methoxy groups -OCH3 is 1. The highest BCUT2D eigenvalue weighted by Gasteiger charge is 2.18. The molecule has 0 aliphatic heterocycles. The van der Waals surface area contributed by atoms with Gasteiger partial charge in [0.1, 0.15) is 0 Å². The third kappa shape index (κ3) is 4.97. The SMILES string of the molecule is COC(=O)CCN[C@H](C)C1CCCCCC1. The van der Waals surface area contributed by atoms with Gasteiger partial charge in [0.15, 0.2) is 0 Å². The third-order valence-corrected chi connectivity index (χ3v) is 3.63. The second-order valence-electron chi connectivity index (χ2n) is 4.82. The summed E-state index contributed by atoms with van der Waals surface area (Å²) in [6.45, 7) is 2.98. The fraction of sp³-hybridized carbons (Fsp3) is 0.923. The molecule has 0 spiro atoms. The first-order chi connectivity index (χ1) is 7.74. The summed E-state index contributed by atoms with van der Waals surface area (Å²) in [6.07, 6.45) is 8.68. The van der Waals surface area contributed by atoms with Crippen LogP contribution in [-0.4, -0.2) is 25.7 Å². The molecule has 1 atom stereocenters. The Labute approximate surface area is 98.9 Å². The average molecular weight is 227 g/mol. The highest BCUT2D eigenvalue weighted by molar-refractivity contribution is 5.69. The van der Waals surface area contributed by atoms with Crippen molar-refractivity contribution in [2.24, 2.45) is 5.92 Å². The summed E-state index contributed by atoms with van der Waals surface area (Å²) in [6, 6.07) is 0.530. The quantitative estimate of drug-likeness (QED) is 0.579. The van der Waals surface area contributed by atoms with Crippen molar-refractivity contribution >= 4 is 5.97 Å². The van der Waals surface area contributed by atoms with Crippen LogP contribution in [0, 0.1) is 5.92 Å². The van der Waals surface area contributed by atoms with Gasteiger partial charge in [-0.2, -0.15) is 0 Å². The van der Waals surface area contributed by atoms with E-state index in [2.05, 4.69) is 17.0 Å². The molecule has 0 aromatic carbocycles. The zero-order valence-corrected chi connectivity index (χ0v) is 10.6. The Morgan fingerprint density at radius 2 is 1.94 bits per heavy atom. The van der Waals surface area contributed by atoms with Gasteiger partial charge in [0, 0.05) is 12.6 Å². The number of carbonyl (C=O) groups excluding carboxylic acids is 1. The molecule has 1 N–H and O–H groups in total. The molecule has 1 rings (SSSR count). The van der Waals surface area contributed by atoms with Gasteiger partial charge in [0.2, 0.25) is 0 Å². The van der Waals surface area contributed by atoms with Gasteiger partial charge in [-0.25, -0.2) is 0 Å². The molecular weight excluding hydrogens is 202 g/mol. The summed E-state index contributed by atoms with van der Waals surface area (Å²) in [5.74, 6) is 0.667. The number of nitrogens with one attached hydrogen (secondary N) is 1. The summed E-state index contributed by atoms with van der Waals surface area (Å²) in [4.78, 5) is 11.0. The van der Waals surface area contributed by atoms with E-state index < -0.39 is 0 Å². The largest absolute Gasteiger partial charge is 0.469 e. The molecule has 16 heavy (non-hydrogen) atoms. The smallest absolute Gasteiger partial charge is 0.306 e. The average Bonchev–Trinajstić information content (AvgIpc) is 2.57. The van der Waals surface area contributed by atoms with E-state index >= 15 is 0 Å². The molecule has 0 bridgehead atoms. The van der Waals surface area contributed by atoms with E-state index in [0.29, 0.717) is 12.5 Å². The predicted molar refractivity (Wildman–Crippen MR) is 65.3 cm³/mol. The standard InChI is InChI=1S/C13H25NO2/c1-11(14-10-9-13(15)16-2)12-7-5-3-4-6-8-12/h11-12,14H,3-10H2,1-2H3/t11-/m1/s1. The lowest BCUT2D eigenvalue weighted by molar-refractivity contribution is -0.140. The Balaban J connectivity index is 2.17. The Morgan fingerprint density at radius 1 is 1.31 bits per heavy atom. The van der Waals surface area contributed by atoms with Crippen LogP contribution in [0.2, 0.25) is 0 Å². The first-order valence-corrected chi connectivity index (χ1v) is 6.54. The van der Waals surface area contributed by atoms with Crippen molar-refractivity contribution in [2.75, 3.05) is 13.7 Å². The van der Waals surface area contributed by atoms with E-state index in [1.165, 1.54) is 45.6 Å². The van der Waals surface area contributed by atoms with Crippen LogP contribution >= 0.6 is 0 Å². The molecule has 0 aromatic rings. The number of carbonyl (C=O) groups is 1. The minimum Gasteiger partial charge on any atom is -0.469 e. The summed E-state index contributed by atoms with van der Waals surface area (Å²) < 4.78 is 4.62. The maximum atomic E-state index is 11.0. The fourth-order valence-electron chi connectivity index (χ4n) is 2.48. The van der Waals surface area contributed by atoms with Crippen LogP contribution in [0.5, 0.6) is 0 Å². The normalized spacial score (nSPS) is 20.1. The van der Waals surface area contributed by atoms with Crippen LogP contribution < -0.4 is 5.32 Å². The Hall–Kier alpha value is -0.570. The van der Waals surface area contributed by atoms with Crippen LogP contribution in [0.4, 0.5) is 0 Å². The van der Waals surface area contributed by atoms with Crippen LogP contribution in [0.25, 0.3) is 0 Å². The van der Waals surface area contributed by atoms with Gasteiger partial charge in [-0.3, -0.25) is 4.79 Å². The summed E-state index contributed by atoms with van der Waals surface area (Å²) in [7, 11) is 1.44.